The summed E-state index contributed by atoms with van der Waals surface area (Å²) in [6.07, 6.45) is 3.28. The molecule has 0 aliphatic carbocycles. The Morgan fingerprint density at radius 2 is 2.62 bits per heavy atom. The average Bonchev–Trinajstić information content (AvgIpc) is 2.14. The van der Waals surface area contributed by atoms with Crippen molar-refractivity contribution >= 4 is 6.20 Å². The van der Waals surface area contributed by atoms with E-state index in [9.17, 15) is 0 Å². The zero-order valence-electron chi connectivity index (χ0n) is 4.70. The third-order valence-corrected chi connectivity index (χ3v) is 0.949. The van der Waals surface area contributed by atoms with Crippen molar-refractivity contribution < 1.29 is 0 Å². The highest BCUT2D eigenvalue weighted by molar-refractivity contribution is 5.16. The van der Waals surface area contributed by atoms with Crippen LogP contribution >= 0.6 is 0 Å². The summed E-state index contributed by atoms with van der Waals surface area (Å²) in [5.41, 5.74) is 0. The Bertz CT molecular complexity index is 189. The maximum absolute atomic E-state index is 3.73. The summed E-state index contributed by atoms with van der Waals surface area (Å²) in [5, 5.41) is 7.36. The van der Waals surface area contributed by atoms with Gasteiger partial charge < -0.3 is 0 Å². The second kappa shape index (κ2) is 1.78. The lowest BCUT2D eigenvalue weighted by Crippen LogP contribution is -1.84. The molecule has 0 aromatic carbocycles. The maximum Gasteiger partial charge on any atom is 0.133 e. The summed E-state index contributed by atoms with van der Waals surface area (Å²) < 4.78 is 1.75. The molecule has 0 fully saturated rings. The van der Waals surface area contributed by atoms with Crippen LogP contribution in [-0.4, -0.2) is 14.8 Å². The molecule has 0 radical (unpaired) electrons. The molecule has 1 heterocycles. The molecule has 1 aromatic heterocycles. The highest BCUT2D eigenvalue weighted by Gasteiger charge is 1.88. The summed E-state index contributed by atoms with van der Waals surface area (Å²) in [6, 6.07) is 0. The molecule has 0 aliphatic rings. The summed E-state index contributed by atoms with van der Waals surface area (Å²) in [6.45, 7) is 5.42. The van der Waals surface area contributed by atoms with Crippen LogP contribution in [0.3, 0.4) is 0 Å². The summed E-state index contributed by atoms with van der Waals surface area (Å²) in [4.78, 5) is 0. The lowest BCUT2D eigenvalue weighted by molar-refractivity contribution is 1.01. The second-order valence-corrected chi connectivity index (χ2v) is 1.47. The van der Waals surface area contributed by atoms with Crippen LogP contribution in [0.5, 0.6) is 0 Å². The number of hydrogen-bond acceptors (Lipinski definition) is 2. The molecule has 3 heteroatoms. The fourth-order valence-electron chi connectivity index (χ4n) is 0.479. The molecular formula is C5H7N3. The molecule has 1 rings (SSSR count). The SMILES string of the molecule is C=Cn1cnnc1C. The first kappa shape index (κ1) is 5.03. The minimum atomic E-state index is 0.861. The highest BCUT2D eigenvalue weighted by atomic mass is 15.2. The zero-order valence-corrected chi connectivity index (χ0v) is 4.70. The predicted molar refractivity (Wildman–Crippen MR) is 31.1 cm³/mol. The first-order chi connectivity index (χ1) is 3.84. The van der Waals surface area contributed by atoms with Gasteiger partial charge in [-0.2, -0.15) is 0 Å². The first-order valence-electron chi connectivity index (χ1n) is 2.33. The molecule has 0 saturated carbocycles. The van der Waals surface area contributed by atoms with Crippen molar-refractivity contribution in [1.29, 1.82) is 0 Å². The maximum atomic E-state index is 3.73. The standard InChI is InChI=1S/C5H7N3/c1-3-8-4-6-7-5(8)2/h3-4H,1H2,2H3. The van der Waals surface area contributed by atoms with Crippen molar-refractivity contribution in [2.75, 3.05) is 0 Å². The molecule has 0 saturated heterocycles. The van der Waals surface area contributed by atoms with Crippen molar-refractivity contribution in [3.8, 4) is 0 Å². The van der Waals surface area contributed by atoms with Gasteiger partial charge in [-0.1, -0.05) is 6.58 Å². The minimum absolute atomic E-state index is 0.861. The van der Waals surface area contributed by atoms with E-state index in [0.29, 0.717) is 0 Å². The van der Waals surface area contributed by atoms with Gasteiger partial charge in [0.2, 0.25) is 0 Å². The second-order valence-electron chi connectivity index (χ2n) is 1.47. The topological polar surface area (TPSA) is 30.7 Å². The Balaban J connectivity index is 3.09. The van der Waals surface area contributed by atoms with Gasteiger partial charge in [-0.25, -0.2) is 0 Å². The van der Waals surface area contributed by atoms with Crippen LogP contribution in [0.4, 0.5) is 0 Å². The minimum Gasteiger partial charge on any atom is -0.293 e. The largest absolute Gasteiger partial charge is 0.293 e. The van der Waals surface area contributed by atoms with E-state index in [0.717, 1.165) is 5.82 Å². The van der Waals surface area contributed by atoms with Gasteiger partial charge in [-0.05, 0) is 6.92 Å². The van der Waals surface area contributed by atoms with Crippen molar-refractivity contribution in [2.45, 2.75) is 6.92 Å². The molecule has 3 nitrogen and oxygen atoms in total. The van der Waals surface area contributed by atoms with Crippen molar-refractivity contribution in [1.82, 2.24) is 14.8 Å². The van der Waals surface area contributed by atoms with Gasteiger partial charge in [-0.15, -0.1) is 10.2 Å². The van der Waals surface area contributed by atoms with Gasteiger partial charge in [0.15, 0.2) is 0 Å². The molecule has 8 heavy (non-hydrogen) atoms. The van der Waals surface area contributed by atoms with Gasteiger partial charge in [-0.3, -0.25) is 4.57 Å². The van der Waals surface area contributed by atoms with Crippen LogP contribution in [-0.2, 0) is 0 Å². The van der Waals surface area contributed by atoms with E-state index in [1.165, 1.54) is 0 Å². The van der Waals surface area contributed by atoms with Crippen LogP contribution in [0.1, 0.15) is 5.82 Å². The van der Waals surface area contributed by atoms with E-state index in [2.05, 4.69) is 16.8 Å². The van der Waals surface area contributed by atoms with Gasteiger partial charge in [0.05, 0.1) is 0 Å². The van der Waals surface area contributed by atoms with E-state index in [1.54, 1.807) is 17.1 Å². The van der Waals surface area contributed by atoms with E-state index >= 15 is 0 Å². The molecule has 42 valence electrons. The molecule has 0 aliphatic heterocycles. The third kappa shape index (κ3) is 0.621. The zero-order chi connectivity index (χ0) is 5.98. The quantitative estimate of drug-likeness (QED) is 0.531. The van der Waals surface area contributed by atoms with E-state index in [1.807, 2.05) is 6.92 Å². The van der Waals surface area contributed by atoms with E-state index in [4.69, 9.17) is 0 Å². The van der Waals surface area contributed by atoms with Crippen LogP contribution in [0.2, 0.25) is 0 Å². The Morgan fingerprint density at radius 1 is 1.88 bits per heavy atom. The van der Waals surface area contributed by atoms with Gasteiger partial charge in [0.1, 0.15) is 12.2 Å². The molecule has 1 aromatic rings. The Morgan fingerprint density at radius 3 is 2.88 bits per heavy atom. The first-order valence-corrected chi connectivity index (χ1v) is 2.33. The van der Waals surface area contributed by atoms with E-state index in [-0.39, 0.29) is 0 Å². The summed E-state index contributed by atoms with van der Waals surface area (Å²) in [5.74, 6) is 0.861. The van der Waals surface area contributed by atoms with Crippen molar-refractivity contribution in [3.63, 3.8) is 0 Å². The van der Waals surface area contributed by atoms with Crippen LogP contribution < -0.4 is 0 Å². The van der Waals surface area contributed by atoms with Gasteiger partial charge >= 0.3 is 0 Å². The number of hydrogen-bond donors (Lipinski definition) is 0. The number of aromatic nitrogens is 3. The summed E-state index contributed by atoms with van der Waals surface area (Å²) in [7, 11) is 0. The Kier molecular flexibility index (Phi) is 1.12. The predicted octanol–water partition coefficient (Wildman–Crippen LogP) is 0.687. The number of aryl methyl sites for hydroxylation is 1. The molecule has 0 amide bonds. The molecule has 0 bridgehead atoms. The van der Waals surface area contributed by atoms with Gasteiger partial charge in [0.25, 0.3) is 0 Å². The lowest BCUT2D eigenvalue weighted by Gasteiger charge is -1.87. The summed E-state index contributed by atoms with van der Waals surface area (Å²) >= 11 is 0. The van der Waals surface area contributed by atoms with Crippen LogP contribution in [0.15, 0.2) is 12.9 Å². The van der Waals surface area contributed by atoms with Crippen molar-refractivity contribution in [3.05, 3.63) is 18.7 Å². The fourth-order valence-corrected chi connectivity index (χ4v) is 0.479. The Hall–Kier alpha value is -1.12. The van der Waals surface area contributed by atoms with Crippen LogP contribution in [0.25, 0.3) is 6.20 Å². The third-order valence-electron chi connectivity index (χ3n) is 0.949. The fraction of sp³-hybridized carbons (Fsp3) is 0.200. The Labute approximate surface area is 47.7 Å². The number of nitrogens with zero attached hydrogens (tertiary/aromatic N) is 3. The molecule has 0 unspecified atom stereocenters. The average molecular weight is 109 g/mol. The molecular weight excluding hydrogens is 102 g/mol. The van der Waals surface area contributed by atoms with E-state index < -0.39 is 0 Å². The van der Waals surface area contributed by atoms with Gasteiger partial charge in [0, 0.05) is 6.20 Å². The smallest absolute Gasteiger partial charge is 0.133 e. The molecule has 0 spiro atoms. The molecule has 0 N–H and O–H groups in total. The number of rotatable bonds is 1. The molecule has 0 atom stereocenters. The highest BCUT2D eigenvalue weighted by Crippen LogP contribution is 1.89. The monoisotopic (exact) mass is 109 g/mol. The van der Waals surface area contributed by atoms with Crippen LogP contribution in [0, 0.1) is 6.92 Å². The van der Waals surface area contributed by atoms with Crippen molar-refractivity contribution in [2.24, 2.45) is 0 Å². The lowest BCUT2D eigenvalue weighted by atomic mass is 10.7. The normalized spacial score (nSPS) is 9.12.